The smallest absolute Gasteiger partial charge is 0.292 e. The summed E-state index contributed by atoms with van der Waals surface area (Å²) in [6.45, 7) is 1.17. The molecule has 18 heavy (non-hydrogen) atoms. The van der Waals surface area contributed by atoms with Gasteiger partial charge in [-0.2, -0.15) is 0 Å². The van der Waals surface area contributed by atoms with Crippen LogP contribution in [0.15, 0.2) is 18.2 Å². The van der Waals surface area contributed by atoms with E-state index in [1.54, 1.807) is 14.1 Å². The summed E-state index contributed by atoms with van der Waals surface area (Å²) in [7, 11) is 3.42. The molecule has 7 nitrogen and oxygen atoms in total. The predicted octanol–water partition coefficient (Wildman–Crippen LogP) is 0.468. The zero-order chi connectivity index (χ0) is 13.7. The largest absolute Gasteiger partial charge is 0.393 e. The van der Waals surface area contributed by atoms with Crippen molar-refractivity contribution in [1.29, 1.82) is 0 Å². The second kappa shape index (κ2) is 5.97. The highest BCUT2D eigenvalue weighted by atomic mass is 16.6. The molecule has 1 aromatic rings. The Bertz CT molecular complexity index is 462. The molecule has 0 bridgehead atoms. The number of nitrogens with zero attached hydrogens (tertiary/aromatic N) is 2. The predicted molar refractivity (Wildman–Crippen MR) is 68.4 cm³/mol. The number of hydrogen-bond donors (Lipinski definition) is 2. The molecule has 0 radical (unpaired) electrons. The Morgan fingerprint density at radius 3 is 2.78 bits per heavy atom. The fourth-order valence-corrected chi connectivity index (χ4v) is 1.44. The van der Waals surface area contributed by atoms with E-state index in [1.165, 1.54) is 23.1 Å². The van der Waals surface area contributed by atoms with Gasteiger partial charge in [0.15, 0.2) is 0 Å². The summed E-state index contributed by atoms with van der Waals surface area (Å²) >= 11 is 0. The van der Waals surface area contributed by atoms with Crippen molar-refractivity contribution in [2.45, 2.75) is 0 Å². The first kappa shape index (κ1) is 13.9. The van der Waals surface area contributed by atoms with Crippen molar-refractivity contribution < 1.29 is 9.72 Å². The molecule has 98 valence electrons. The molecule has 0 unspecified atom stereocenters. The van der Waals surface area contributed by atoms with E-state index >= 15 is 0 Å². The molecule has 1 aromatic carbocycles. The summed E-state index contributed by atoms with van der Waals surface area (Å²) in [5, 5.41) is 13.7. The highest BCUT2D eigenvalue weighted by molar-refractivity contribution is 5.95. The molecule has 0 fully saturated rings. The topological polar surface area (TPSA) is 102 Å². The van der Waals surface area contributed by atoms with Gasteiger partial charge in [0.2, 0.25) is 0 Å². The molecule has 0 heterocycles. The highest BCUT2D eigenvalue weighted by Gasteiger charge is 2.17. The van der Waals surface area contributed by atoms with Crippen LogP contribution in [0.4, 0.5) is 11.4 Å². The van der Waals surface area contributed by atoms with E-state index in [0.717, 1.165) is 0 Å². The van der Waals surface area contributed by atoms with Gasteiger partial charge in [0.25, 0.3) is 11.6 Å². The molecular weight excluding hydrogens is 236 g/mol. The van der Waals surface area contributed by atoms with Crippen molar-refractivity contribution in [2.75, 3.05) is 32.9 Å². The van der Waals surface area contributed by atoms with Crippen LogP contribution >= 0.6 is 0 Å². The molecule has 0 aliphatic carbocycles. The summed E-state index contributed by atoms with van der Waals surface area (Å²) in [6.07, 6.45) is 0. The Labute approximate surface area is 105 Å². The average Bonchev–Trinajstić information content (AvgIpc) is 2.35. The molecule has 0 spiro atoms. The van der Waals surface area contributed by atoms with Crippen molar-refractivity contribution in [1.82, 2.24) is 10.2 Å². The van der Waals surface area contributed by atoms with Crippen LogP contribution in [0.5, 0.6) is 0 Å². The number of benzene rings is 1. The molecule has 0 saturated heterocycles. The van der Waals surface area contributed by atoms with Gasteiger partial charge in [-0.3, -0.25) is 14.9 Å². The van der Waals surface area contributed by atoms with Crippen LogP contribution in [0.1, 0.15) is 10.4 Å². The summed E-state index contributed by atoms with van der Waals surface area (Å²) in [4.78, 5) is 23.6. The van der Waals surface area contributed by atoms with E-state index in [9.17, 15) is 14.9 Å². The lowest BCUT2D eigenvalue weighted by atomic mass is 10.1. The van der Waals surface area contributed by atoms with Crippen molar-refractivity contribution in [3.63, 3.8) is 0 Å². The van der Waals surface area contributed by atoms with Crippen molar-refractivity contribution in [3.8, 4) is 0 Å². The highest BCUT2D eigenvalue weighted by Crippen LogP contribution is 2.22. The van der Waals surface area contributed by atoms with Crippen LogP contribution in [-0.4, -0.2) is 42.9 Å². The van der Waals surface area contributed by atoms with Gasteiger partial charge in [-0.1, -0.05) is 0 Å². The lowest BCUT2D eigenvalue weighted by Gasteiger charge is -2.16. The summed E-state index contributed by atoms with van der Waals surface area (Å²) < 4.78 is 0. The van der Waals surface area contributed by atoms with E-state index in [4.69, 9.17) is 5.73 Å². The number of amides is 1. The van der Waals surface area contributed by atoms with E-state index in [-0.39, 0.29) is 22.8 Å². The van der Waals surface area contributed by atoms with Gasteiger partial charge in [0, 0.05) is 31.8 Å². The maximum atomic E-state index is 12.0. The third kappa shape index (κ3) is 3.17. The number of anilines is 1. The van der Waals surface area contributed by atoms with E-state index in [2.05, 4.69) is 5.32 Å². The van der Waals surface area contributed by atoms with Crippen LogP contribution in [-0.2, 0) is 0 Å². The molecule has 0 aliphatic heterocycles. The fourth-order valence-electron chi connectivity index (χ4n) is 1.44. The Morgan fingerprint density at radius 1 is 1.56 bits per heavy atom. The number of nitrogen functional groups attached to an aromatic ring is 1. The Morgan fingerprint density at radius 2 is 2.22 bits per heavy atom. The maximum absolute atomic E-state index is 12.0. The van der Waals surface area contributed by atoms with E-state index < -0.39 is 4.92 Å². The molecule has 1 rings (SSSR count). The lowest BCUT2D eigenvalue weighted by Crippen LogP contribution is -2.32. The zero-order valence-corrected chi connectivity index (χ0v) is 10.3. The normalized spacial score (nSPS) is 10.1. The van der Waals surface area contributed by atoms with Gasteiger partial charge >= 0.3 is 0 Å². The molecule has 0 aliphatic rings. The third-order valence-corrected chi connectivity index (χ3v) is 2.52. The number of carbonyl (C=O) groups excluding carboxylic acids is 1. The summed E-state index contributed by atoms with van der Waals surface area (Å²) in [5.74, 6) is -0.270. The van der Waals surface area contributed by atoms with Crippen LogP contribution < -0.4 is 11.1 Å². The quantitative estimate of drug-likeness (QED) is 0.450. The number of likely N-dealkylation sites (N-methyl/N-ethyl adjacent to an activating group) is 2. The molecule has 3 N–H and O–H groups in total. The first-order valence-electron chi connectivity index (χ1n) is 5.41. The minimum Gasteiger partial charge on any atom is -0.393 e. The molecule has 7 heteroatoms. The molecule has 0 aromatic heterocycles. The first-order valence-corrected chi connectivity index (χ1v) is 5.41. The standard InChI is InChI=1S/C11H16N4O3/c1-13-5-6-14(2)11(16)8-3-4-9(12)10(7-8)15(17)18/h3-4,7,13H,5-6,12H2,1-2H3. The Hall–Kier alpha value is -2.15. The minimum absolute atomic E-state index is 0.0504. The minimum atomic E-state index is -0.598. The number of carbonyl (C=O) groups is 1. The second-order valence-electron chi connectivity index (χ2n) is 3.86. The fraction of sp³-hybridized carbons (Fsp3) is 0.364. The second-order valence-corrected chi connectivity index (χ2v) is 3.86. The molecule has 0 saturated carbocycles. The molecule has 1 amide bonds. The number of nitrogens with one attached hydrogen (secondary N) is 1. The van der Waals surface area contributed by atoms with Crippen molar-refractivity contribution in [3.05, 3.63) is 33.9 Å². The first-order chi connectivity index (χ1) is 8.47. The van der Waals surface area contributed by atoms with Gasteiger partial charge in [0.05, 0.1) is 4.92 Å². The maximum Gasteiger partial charge on any atom is 0.292 e. The van der Waals surface area contributed by atoms with E-state index in [0.29, 0.717) is 13.1 Å². The van der Waals surface area contributed by atoms with Gasteiger partial charge in [-0.15, -0.1) is 0 Å². The van der Waals surface area contributed by atoms with Crippen LogP contribution in [0, 0.1) is 10.1 Å². The van der Waals surface area contributed by atoms with Crippen molar-refractivity contribution >= 4 is 17.3 Å². The zero-order valence-electron chi connectivity index (χ0n) is 10.3. The molecular formula is C11H16N4O3. The monoisotopic (exact) mass is 252 g/mol. The average molecular weight is 252 g/mol. The Kier molecular flexibility index (Phi) is 4.61. The van der Waals surface area contributed by atoms with Gasteiger partial charge in [-0.05, 0) is 19.2 Å². The van der Waals surface area contributed by atoms with Gasteiger partial charge < -0.3 is 16.0 Å². The van der Waals surface area contributed by atoms with E-state index in [1.807, 2.05) is 0 Å². The number of hydrogen-bond acceptors (Lipinski definition) is 5. The van der Waals surface area contributed by atoms with Crippen LogP contribution in [0.25, 0.3) is 0 Å². The summed E-state index contributed by atoms with van der Waals surface area (Å²) in [5.41, 5.74) is 5.53. The Balaban J connectivity index is 2.93. The third-order valence-electron chi connectivity index (χ3n) is 2.52. The van der Waals surface area contributed by atoms with Crippen molar-refractivity contribution in [2.24, 2.45) is 0 Å². The van der Waals surface area contributed by atoms with Crippen LogP contribution in [0.3, 0.4) is 0 Å². The lowest BCUT2D eigenvalue weighted by molar-refractivity contribution is -0.383. The SMILES string of the molecule is CNCCN(C)C(=O)c1ccc(N)c([N+](=O)[O-])c1. The number of nitrogens with two attached hydrogens (primary N) is 1. The summed E-state index contributed by atoms with van der Waals surface area (Å²) in [6, 6.07) is 4.06. The van der Waals surface area contributed by atoms with Crippen LogP contribution in [0.2, 0.25) is 0 Å². The number of rotatable bonds is 5. The van der Waals surface area contributed by atoms with Gasteiger partial charge in [-0.25, -0.2) is 0 Å². The molecule has 0 atom stereocenters. The number of nitro benzene ring substituents is 1. The van der Waals surface area contributed by atoms with Gasteiger partial charge in [0.1, 0.15) is 5.69 Å². The number of nitro groups is 1.